The molecule has 4 saturated carbocycles. The summed E-state index contributed by atoms with van der Waals surface area (Å²) in [5, 5.41) is 21.9. The Kier molecular flexibility index (Phi) is 9.60. The summed E-state index contributed by atoms with van der Waals surface area (Å²) in [6, 6.07) is 0. The van der Waals surface area contributed by atoms with Crippen LogP contribution in [0.4, 0.5) is 0 Å². The number of carbonyl (C=O) groups is 2. The third kappa shape index (κ3) is 5.77. The standard InChI is InChI=1S/C42H70N2O5/c1-27(2)28-13-18-42(32(45)26-44-23-21-43(10)22-24-44)20-19-40(8)29(35(28)42)11-12-31-39(7)16-15-33(49-34(46)25-37(3,4)36(47)48)38(5,6)30(39)14-17-41(31,40)9/h27,29-33,45H,11-26H2,1-10H3,(H,47,48)/t29?,30?,31?,32?,33?,39?,40-,41?,42-/m1/s1. The number of fused-ring (bicyclic) bond motifs is 7. The van der Waals surface area contributed by atoms with Crippen LogP contribution in [0.3, 0.4) is 0 Å². The van der Waals surface area contributed by atoms with Gasteiger partial charge in [-0.05, 0) is 125 Å². The van der Waals surface area contributed by atoms with Gasteiger partial charge in [0.1, 0.15) is 6.10 Å². The van der Waals surface area contributed by atoms with Crippen LogP contribution in [0.1, 0.15) is 133 Å². The van der Waals surface area contributed by atoms with E-state index >= 15 is 0 Å². The van der Waals surface area contributed by atoms with E-state index < -0.39 is 11.4 Å². The summed E-state index contributed by atoms with van der Waals surface area (Å²) in [6.45, 7) is 25.6. The van der Waals surface area contributed by atoms with Crippen LogP contribution < -0.4 is 0 Å². The molecular formula is C42H70N2O5. The predicted octanol–water partition coefficient (Wildman–Crippen LogP) is 7.81. The maximum Gasteiger partial charge on any atom is 0.309 e. The molecule has 7 heteroatoms. The molecule has 0 radical (unpaired) electrons. The third-order valence-corrected chi connectivity index (χ3v) is 16.8. The molecule has 1 aliphatic heterocycles. The van der Waals surface area contributed by atoms with E-state index in [-0.39, 0.29) is 51.7 Å². The molecule has 49 heavy (non-hydrogen) atoms. The van der Waals surface area contributed by atoms with Gasteiger partial charge in [0.15, 0.2) is 0 Å². The van der Waals surface area contributed by atoms with Crippen molar-refractivity contribution in [3.8, 4) is 0 Å². The Labute approximate surface area is 298 Å². The lowest BCUT2D eigenvalue weighted by Gasteiger charge is -2.72. The first-order chi connectivity index (χ1) is 22.7. The molecule has 0 aromatic carbocycles. The van der Waals surface area contributed by atoms with Crippen LogP contribution in [-0.2, 0) is 14.3 Å². The van der Waals surface area contributed by atoms with Crippen molar-refractivity contribution >= 4 is 11.9 Å². The fraction of sp³-hybridized carbons (Fsp3) is 0.905. The van der Waals surface area contributed by atoms with E-state index in [0.717, 1.165) is 71.2 Å². The Morgan fingerprint density at radius 2 is 1.55 bits per heavy atom. The molecule has 5 aliphatic carbocycles. The monoisotopic (exact) mass is 683 g/mol. The van der Waals surface area contributed by atoms with Gasteiger partial charge in [-0.25, -0.2) is 0 Å². The zero-order chi connectivity index (χ0) is 35.9. The van der Waals surface area contributed by atoms with E-state index in [1.54, 1.807) is 25.0 Å². The van der Waals surface area contributed by atoms with Crippen molar-refractivity contribution in [2.45, 2.75) is 145 Å². The van der Waals surface area contributed by atoms with Gasteiger partial charge in [0, 0.05) is 43.6 Å². The number of rotatable bonds is 8. The highest BCUT2D eigenvalue weighted by atomic mass is 16.5. The molecule has 0 aromatic heterocycles. The molecule has 6 aliphatic rings. The number of likely N-dealkylation sites (N-methyl/N-ethyl adjacent to an activating group) is 1. The van der Waals surface area contributed by atoms with E-state index in [1.165, 1.54) is 25.7 Å². The lowest BCUT2D eigenvalue weighted by molar-refractivity contribution is -0.235. The Morgan fingerprint density at radius 3 is 2.18 bits per heavy atom. The lowest BCUT2D eigenvalue weighted by atomic mass is 9.33. The highest BCUT2D eigenvalue weighted by Crippen LogP contribution is 2.77. The normalized spacial score (nSPS) is 41.8. The van der Waals surface area contributed by atoms with E-state index in [4.69, 9.17) is 4.74 Å². The molecule has 278 valence electrons. The highest BCUT2D eigenvalue weighted by molar-refractivity contribution is 5.81. The number of piperazine rings is 1. The molecule has 5 fully saturated rings. The fourth-order valence-corrected chi connectivity index (χ4v) is 13.5. The Balaban J connectivity index is 1.26. The maximum absolute atomic E-state index is 13.1. The molecule has 0 amide bonds. The van der Waals surface area contributed by atoms with Crippen LogP contribution in [0, 0.1) is 56.2 Å². The van der Waals surface area contributed by atoms with Crippen molar-refractivity contribution < 1.29 is 24.5 Å². The minimum absolute atomic E-state index is 0.0729. The summed E-state index contributed by atoms with van der Waals surface area (Å²) in [7, 11) is 2.21. The lowest BCUT2D eigenvalue weighted by Crippen LogP contribution is -2.66. The van der Waals surface area contributed by atoms with Crippen LogP contribution >= 0.6 is 0 Å². The van der Waals surface area contributed by atoms with E-state index in [0.29, 0.717) is 23.7 Å². The molecule has 7 nitrogen and oxygen atoms in total. The van der Waals surface area contributed by atoms with Crippen LogP contribution in [0.5, 0.6) is 0 Å². The first kappa shape index (κ1) is 37.3. The van der Waals surface area contributed by atoms with E-state index in [2.05, 4.69) is 65.3 Å². The van der Waals surface area contributed by atoms with Gasteiger partial charge in [0.2, 0.25) is 0 Å². The first-order valence-electron chi connectivity index (χ1n) is 20.0. The van der Waals surface area contributed by atoms with Crippen molar-refractivity contribution in [1.82, 2.24) is 9.80 Å². The highest BCUT2D eigenvalue weighted by Gasteiger charge is 2.70. The largest absolute Gasteiger partial charge is 0.481 e. The first-order valence-corrected chi connectivity index (χ1v) is 20.0. The van der Waals surface area contributed by atoms with Gasteiger partial charge in [-0.1, -0.05) is 59.6 Å². The molecule has 0 bridgehead atoms. The Morgan fingerprint density at radius 1 is 0.878 bits per heavy atom. The van der Waals surface area contributed by atoms with Gasteiger partial charge in [-0.15, -0.1) is 0 Å². The molecule has 0 aromatic rings. The molecule has 9 atom stereocenters. The van der Waals surface area contributed by atoms with Crippen LogP contribution in [-0.4, -0.2) is 83.9 Å². The van der Waals surface area contributed by atoms with Crippen LogP contribution in [0.25, 0.3) is 0 Å². The van der Waals surface area contributed by atoms with Crippen molar-refractivity contribution in [3.05, 3.63) is 11.1 Å². The van der Waals surface area contributed by atoms with Crippen molar-refractivity contribution in [2.24, 2.45) is 56.2 Å². The summed E-state index contributed by atoms with van der Waals surface area (Å²) >= 11 is 0. The molecule has 6 rings (SSSR count). The number of hydrogen-bond acceptors (Lipinski definition) is 6. The summed E-state index contributed by atoms with van der Waals surface area (Å²) in [5.74, 6) is 0.765. The SMILES string of the molecule is CC(C)C1=C2C3CCC4C5(C)CCC(OC(=O)CC(C)(C)C(=O)O)C(C)(C)C5CCC4(C)[C@]3(C)CC[C@@]2(C(O)CN2CCN(C)CC2)CC1. The maximum atomic E-state index is 13.1. The number of hydrogen-bond donors (Lipinski definition) is 2. The van der Waals surface area contributed by atoms with Gasteiger partial charge in [0.25, 0.3) is 0 Å². The Hall–Kier alpha value is -1.44. The van der Waals surface area contributed by atoms with Crippen LogP contribution in [0.15, 0.2) is 11.1 Å². The van der Waals surface area contributed by atoms with Gasteiger partial charge in [-0.2, -0.15) is 0 Å². The predicted molar refractivity (Wildman–Crippen MR) is 195 cm³/mol. The molecule has 1 saturated heterocycles. The number of aliphatic hydroxyl groups is 1. The summed E-state index contributed by atoms with van der Waals surface area (Å²) in [6.07, 6.45) is 10.7. The van der Waals surface area contributed by atoms with Gasteiger partial charge in [-0.3, -0.25) is 14.5 Å². The van der Waals surface area contributed by atoms with E-state index in [1.807, 2.05) is 0 Å². The number of ether oxygens (including phenoxy) is 1. The molecule has 2 N–H and O–H groups in total. The second kappa shape index (κ2) is 12.6. The van der Waals surface area contributed by atoms with Crippen molar-refractivity contribution in [2.75, 3.05) is 39.8 Å². The number of aliphatic carboxylic acids is 1. The fourth-order valence-electron chi connectivity index (χ4n) is 13.5. The average Bonchev–Trinajstić information content (AvgIpc) is 3.41. The number of β-amino-alcohol motifs (C(OH)–C–C–N with tert-alkyl or cyclic N) is 1. The molecule has 7 unspecified atom stereocenters. The van der Waals surface area contributed by atoms with Crippen molar-refractivity contribution in [1.29, 1.82) is 0 Å². The average molecular weight is 683 g/mol. The summed E-state index contributed by atoms with van der Waals surface area (Å²) in [4.78, 5) is 29.7. The van der Waals surface area contributed by atoms with Gasteiger partial charge < -0.3 is 19.8 Å². The molecular weight excluding hydrogens is 612 g/mol. The minimum Gasteiger partial charge on any atom is -0.481 e. The quantitative estimate of drug-likeness (QED) is 0.199. The molecule has 1 heterocycles. The van der Waals surface area contributed by atoms with Gasteiger partial charge in [0.05, 0.1) is 17.9 Å². The van der Waals surface area contributed by atoms with Crippen LogP contribution in [0.2, 0.25) is 0 Å². The summed E-state index contributed by atoms with van der Waals surface area (Å²) < 4.78 is 6.19. The zero-order valence-electron chi connectivity index (χ0n) is 32.8. The third-order valence-electron chi connectivity index (χ3n) is 16.8. The molecule has 0 spiro atoms. The zero-order valence-corrected chi connectivity index (χ0v) is 32.8. The second-order valence-electron chi connectivity index (χ2n) is 20.2. The second-order valence-corrected chi connectivity index (χ2v) is 20.2. The summed E-state index contributed by atoms with van der Waals surface area (Å²) in [5.41, 5.74) is 2.55. The Bertz CT molecular complexity index is 1330. The number of carboxylic acids is 1. The minimum atomic E-state index is -1.13. The number of aliphatic hydroxyl groups excluding tert-OH is 1. The topological polar surface area (TPSA) is 90.3 Å². The number of allylic oxidation sites excluding steroid dienone is 1. The van der Waals surface area contributed by atoms with Crippen molar-refractivity contribution in [3.63, 3.8) is 0 Å². The number of carboxylic acid groups (broad SMARTS) is 1. The van der Waals surface area contributed by atoms with E-state index in [9.17, 15) is 19.8 Å². The number of esters is 1. The number of carbonyl (C=O) groups excluding carboxylic acids is 1. The van der Waals surface area contributed by atoms with Gasteiger partial charge >= 0.3 is 11.9 Å². The smallest absolute Gasteiger partial charge is 0.309 e. The number of nitrogens with zero attached hydrogens (tertiary/aromatic N) is 2.